The Labute approximate surface area is 164 Å². The molecular formula is C19H28FN7O. The number of piperidine rings is 1. The number of nitrogens with zero attached hydrogens (tertiary/aromatic N) is 5. The van der Waals surface area contributed by atoms with Gasteiger partial charge in [0.25, 0.3) is 0 Å². The molecule has 1 aliphatic heterocycles. The lowest BCUT2D eigenvalue weighted by Gasteiger charge is -2.35. The summed E-state index contributed by atoms with van der Waals surface area (Å²) in [4.78, 5) is 17.4. The summed E-state index contributed by atoms with van der Waals surface area (Å²) in [6.45, 7) is 2.66. The van der Waals surface area contributed by atoms with Crippen molar-refractivity contribution in [3.8, 4) is 5.75 Å². The summed E-state index contributed by atoms with van der Waals surface area (Å²) >= 11 is 0. The number of methoxy groups -OCH3 is 1. The topological polar surface area (TPSA) is 92.4 Å². The summed E-state index contributed by atoms with van der Waals surface area (Å²) in [7, 11) is 5.58. The Hall–Kier alpha value is -2.68. The molecule has 0 amide bonds. The van der Waals surface area contributed by atoms with Crippen molar-refractivity contribution in [3.05, 3.63) is 29.6 Å². The van der Waals surface area contributed by atoms with E-state index in [9.17, 15) is 4.39 Å². The van der Waals surface area contributed by atoms with E-state index in [1.54, 1.807) is 6.07 Å². The van der Waals surface area contributed by atoms with Gasteiger partial charge >= 0.3 is 0 Å². The Kier molecular flexibility index (Phi) is 6.45. The summed E-state index contributed by atoms with van der Waals surface area (Å²) < 4.78 is 18.7. The van der Waals surface area contributed by atoms with Crippen molar-refractivity contribution in [3.63, 3.8) is 0 Å². The van der Waals surface area contributed by atoms with E-state index in [1.165, 1.54) is 13.2 Å². The molecular weight excluding hydrogens is 361 g/mol. The predicted octanol–water partition coefficient (Wildman–Crippen LogP) is 1.79. The molecule has 1 aromatic carbocycles. The molecule has 28 heavy (non-hydrogen) atoms. The van der Waals surface area contributed by atoms with Crippen LogP contribution in [0, 0.1) is 5.82 Å². The standard InChI is InChI=1S/C19H28FN7O/c1-26-10-7-14(8-11-26)27(2)19-24-17(21)23-18(25-19)22-9-6-13-4-5-16(28-3)15(20)12-13/h4-5,12,14H,6-11H2,1-3H3,(H3,21,22,23,24,25). The zero-order chi connectivity index (χ0) is 20.1. The Bertz CT molecular complexity index is 796. The van der Waals surface area contributed by atoms with Crippen LogP contribution in [0.1, 0.15) is 18.4 Å². The molecule has 3 N–H and O–H groups in total. The van der Waals surface area contributed by atoms with E-state index >= 15 is 0 Å². The predicted molar refractivity (Wildman–Crippen MR) is 108 cm³/mol. The van der Waals surface area contributed by atoms with Gasteiger partial charge < -0.3 is 25.6 Å². The van der Waals surface area contributed by atoms with Crippen LogP contribution in [0.15, 0.2) is 18.2 Å². The van der Waals surface area contributed by atoms with Gasteiger partial charge in [0, 0.05) is 19.6 Å². The number of likely N-dealkylation sites (tertiary alicyclic amines) is 1. The summed E-state index contributed by atoms with van der Waals surface area (Å²) in [6, 6.07) is 5.32. The first-order chi connectivity index (χ1) is 13.5. The molecule has 9 heteroatoms. The number of rotatable bonds is 7. The van der Waals surface area contributed by atoms with E-state index in [-0.39, 0.29) is 17.5 Å². The maximum Gasteiger partial charge on any atom is 0.231 e. The third kappa shape index (κ3) is 4.98. The molecule has 1 aromatic heterocycles. The van der Waals surface area contributed by atoms with Gasteiger partial charge in [-0.2, -0.15) is 15.0 Å². The minimum atomic E-state index is -0.369. The first-order valence-electron chi connectivity index (χ1n) is 9.45. The van der Waals surface area contributed by atoms with Crippen LogP contribution in [0.3, 0.4) is 0 Å². The molecule has 0 aliphatic carbocycles. The van der Waals surface area contributed by atoms with E-state index in [4.69, 9.17) is 10.5 Å². The van der Waals surface area contributed by atoms with Crippen LogP contribution in [-0.4, -0.2) is 66.7 Å². The van der Waals surface area contributed by atoms with Crippen LogP contribution in [0.4, 0.5) is 22.2 Å². The number of nitrogens with two attached hydrogens (primary N) is 1. The molecule has 2 heterocycles. The lowest BCUT2D eigenvalue weighted by molar-refractivity contribution is 0.252. The Morgan fingerprint density at radius 1 is 1.29 bits per heavy atom. The van der Waals surface area contributed by atoms with E-state index in [0.717, 1.165) is 31.5 Å². The van der Waals surface area contributed by atoms with Gasteiger partial charge in [0.1, 0.15) is 0 Å². The monoisotopic (exact) mass is 389 g/mol. The second kappa shape index (κ2) is 9.01. The second-order valence-electron chi connectivity index (χ2n) is 7.11. The zero-order valence-electron chi connectivity index (χ0n) is 16.7. The van der Waals surface area contributed by atoms with Crippen molar-refractivity contribution in [1.82, 2.24) is 19.9 Å². The maximum atomic E-state index is 13.8. The highest BCUT2D eigenvalue weighted by molar-refractivity contribution is 5.42. The van der Waals surface area contributed by atoms with Crippen LogP contribution in [-0.2, 0) is 6.42 Å². The minimum Gasteiger partial charge on any atom is -0.494 e. The molecule has 1 saturated heterocycles. The summed E-state index contributed by atoms with van der Waals surface area (Å²) in [5, 5.41) is 3.16. The molecule has 0 unspecified atom stereocenters. The van der Waals surface area contributed by atoms with Crippen LogP contribution < -0.4 is 20.7 Å². The highest BCUT2D eigenvalue weighted by atomic mass is 19.1. The number of benzene rings is 1. The fourth-order valence-electron chi connectivity index (χ4n) is 3.35. The third-order valence-corrected chi connectivity index (χ3v) is 5.11. The fourth-order valence-corrected chi connectivity index (χ4v) is 3.35. The molecule has 3 rings (SSSR count). The van der Waals surface area contributed by atoms with Crippen molar-refractivity contribution in [2.45, 2.75) is 25.3 Å². The molecule has 0 saturated carbocycles. The van der Waals surface area contributed by atoms with E-state index < -0.39 is 0 Å². The number of nitrogens with one attached hydrogen (secondary N) is 1. The van der Waals surface area contributed by atoms with Crippen LogP contribution in [0.25, 0.3) is 0 Å². The lowest BCUT2D eigenvalue weighted by atomic mass is 10.0. The average Bonchev–Trinajstić information content (AvgIpc) is 2.68. The molecule has 1 fully saturated rings. The number of nitrogen functional groups attached to an aromatic ring is 1. The SMILES string of the molecule is COc1ccc(CCNc2nc(N)nc(N(C)C3CCN(C)CC3)n2)cc1F. The van der Waals surface area contributed by atoms with Crippen molar-refractivity contribution in [2.75, 3.05) is 56.8 Å². The maximum absolute atomic E-state index is 13.8. The van der Waals surface area contributed by atoms with Gasteiger partial charge in [-0.05, 0) is 57.1 Å². The van der Waals surface area contributed by atoms with Crippen LogP contribution in [0.2, 0.25) is 0 Å². The van der Waals surface area contributed by atoms with E-state index in [0.29, 0.717) is 30.9 Å². The molecule has 0 radical (unpaired) electrons. The van der Waals surface area contributed by atoms with Crippen molar-refractivity contribution >= 4 is 17.8 Å². The Morgan fingerprint density at radius 2 is 2.04 bits per heavy atom. The highest BCUT2D eigenvalue weighted by Gasteiger charge is 2.23. The first kappa shape index (κ1) is 20.1. The van der Waals surface area contributed by atoms with Gasteiger partial charge in [0.15, 0.2) is 11.6 Å². The molecule has 0 bridgehead atoms. The largest absolute Gasteiger partial charge is 0.494 e. The van der Waals surface area contributed by atoms with Gasteiger partial charge in [-0.25, -0.2) is 4.39 Å². The van der Waals surface area contributed by atoms with Gasteiger partial charge in [-0.3, -0.25) is 0 Å². The van der Waals surface area contributed by atoms with Crippen molar-refractivity contribution in [2.24, 2.45) is 0 Å². The molecule has 2 aromatic rings. The summed E-state index contributed by atoms with van der Waals surface area (Å²) in [5.74, 6) is 1.05. The summed E-state index contributed by atoms with van der Waals surface area (Å²) in [5.41, 5.74) is 6.74. The molecule has 8 nitrogen and oxygen atoms in total. The van der Waals surface area contributed by atoms with Gasteiger partial charge in [0.05, 0.1) is 7.11 Å². The number of hydrogen-bond donors (Lipinski definition) is 2. The average molecular weight is 389 g/mol. The quantitative estimate of drug-likeness (QED) is 0.740. The van der Waals surface area contributed by atoms with Gasteiger partial charge in [-0.1, -0.05) is 6.07 Å². The van der Waals surface area contributed by atoms with Gasteiger partial charge in [-0.15, -0.1) is 0 Å². The third-order valence-electron chi connectivity index (χ3n) is 5.11. The zero-order valence-corrected chi connectivity index (χ0v) is 16.7. The number of ether oxygens (including phenoxy) is 1. The van der Waals surface area contributed by atoms with Gasteiger partial charge in [0.2, 0.25) is 17.8 Å². The number of hydrogen-bond acceptors (Lipinski definition) is 8. The normalized spacial score (nSPS) is 15.4. The smallest absolute Gasteiger partial charge is 0.231 e. The minimum absolute atomic E-state index is 0.183. The number of aromatic nitrogens is 3. The van der Waals surface area contributed by atoms with Crippen LogP contribution >= 0.6 is 0 Å². The second-order valence-corrected chi connectivity index (χ2v) is 7.11. The van der Waals surface area contributed by atoms with Crippen LogP contribution in [0.5, 0.6) is 5.75 Å². The highest BCUT2D eigenvalue weighted by Crippen LogP contribution is 2.20. The molecule has 1 aliphatic rings. The van der Waals surface area contributed by atoms with Crippen molar-refractivity contribution < 1.29 is 9.13 Å². The molecule has 0 spiro atoms. The Morgan fingerprint density at radius 3 is 2.71 bits per heavy atom. The summed E-state index contributed by atoms with van der Waals surface area (Å²) in [6.07, 6.45) is 2.74. The van der Waals surface area contributed by atoms with E-state index in [2.05, 4.69) is 37.1 Å². The number of halogens is 1. The molecule has 152 valence electrons. The van der Waals surface area contributed by atoms with E-state index in [1.807, 2.05) is 13.1 Å². The molecule has 0 atom stereocenters. The Balaban J connectivity index is 1.60. The lowest BCUT2D eigenvalue weighted by Crippen LogP contribution is -2.42. The number of anilines is 3. The fraction of sp³-hybridized carbons (Fsp3) is 0.526. The first-order valence-corrected chi connectivity index (χ1v) is 9.45. The van der Waals surface area contributed by atoms with Crippen molar-refractivity contribution in [1.29, 1.82) is 0 Å².